The maximum absolute atomic E-state index is 6.77. The SMILES string of the molecule is c1ccc(C2N=C(c3cccc4c3sc3ccccc34)NC(c3ccc(-c4ccc(N(c5ccccc5)c5ccccc5)c5oc6ccccc6c45)cc3)N2)cc1. The summed E-state index contributed by atoms with van der Waals surface area (Å²) in [7, 11) is 0. The number of thiophene rings is 1. The van der Waals surface area contributed by atoms with Crippen LogP contribution in [0.25, 0.3) is 53.2 Å². The molecule has 0 bridgehead atoms. The Morgan fingerprint density at radius 1 is 0.526 bits per heavy atom. The van der Waals surface area contributed by atoms with Crippen LogP contribution < -0.4 is 15.5 Å². The molecule has 0 saturated carbocycles. The number of rotatable bonds is 7. The molecule has 2 atom stereocenters. The van der Waals surface area contributed by atoms with E-state index in [2.05, 4.69) is 204 Å². The zero-order valence-corrected chi connectivity index (χ0v) is 31.7. The van der Waals surface area contributed by atoms with Gasteiger partial charge < -0.3 is 14.6 Å². The lowest BCUT2D eigenvalue weighted by molar-refractivity contribution is 0.409. The number of aliphatic imine (C=N–C) groups is 1. The number of benzene rings is 8. The van der Waals surface area contributed by atoms with Crippen molar-refractivity contribution in [3.05, 3.63) is 211 Å². The fraction of sp³-hybridized carbons (Fsp3) is 0.0392. The summed E-state index contributed by atoms with van der Waals surface area (Å²) in [5, 5.41) is 12.3. The van der Waals surface area contributed by atoms with Crippen LogP contribution in [0.1, 0.15) is 29.0 Å². The number of fused-ring (bicyclic) bond motifs is 6. The molecule has 2 N–H and O–H groups in total. The van der Waals surface area contributed by atoms with Gasteiger partial charge in [0.2, 0.25) is 0 Å². The average molecular weight is 753 g/mol. The zero-order valence-electron chi connectivity index (χ0n) is 30.8. The molecular weight excluding hydrogens is 717 g/mol. The van der Waals surface area contributed by atoms with Gasteiger partial charge in [-0.2, -0.15) is 0 Å². The molecule has 0 spiro atoms. The molecule has 6 heteroatoms. The Balaban J connectivity index is 1.00. The van der Waals surface area contributed by atoms with Crippen molar-refractivity contribution in [1.29, 1.82) is 0 Å². The molecule has 5 nitrogen and oxygen atoms in total. The van der Waals surface area contributed by atoms with Gasteiger partial charge in [0.05, 0.1) is 5.69 Å². The average Bonchev–Trinajstić information content (AvgIpc) is 3.87. The third-order valence-corrected chi connectivity index (χ3v) is 12.2. The standard InChI is InChI=1S/C51H36N4OS/c1-4-15-34(16-5-1)49-52-50(54-51(53-49)42-24-14-23-40-39-21-11-13-26-45(39)57-48(40)42)35-29-27-33(28-30-35)38-31-32-43(47-46(38)41-22-10-12-25-44(41)56-47)55(36-17-6-2-7-18-36)37-19-8-3-9-20-37/h1-32,49-50,52H,(H,53,54). The van der Waals surface area contributed by atoms with E-state index >= 15 is 0 Å². The van der Waals surface area contributed by atoms with E-state index in [1.807, 2.05) is 17.4 Å². The number of amidine groups is 1. The first-order valence-corrected chi connectivity index (χ1v) is 20.1. The third-order valence-electron chi connectivity index (χ3n) is 11.0. The van der Waals surface area contributed by atoms with E-state index in [0.717, 1.165) is 72.7 Å². The smallest absolute Gasteiger partial charge is 0.160 e. The van der Waals surface area contributed by atoms with Gasteiger partial charge in [0.25, 0.3) is 0 Å². The molecule has 0 fully saturated rings. The summed E-state index contributed by atoms with van der Waals surface area (Å²) in [6, 6.07) is 68.4. The number of anilines is 3. The number of furan rings is 1. The summed E-state index contributed by atoms with van der Waals surface area (Å²) in [4.78, 5) is 7.57. The molecule has 8 aromatic carbocycles. The van der Waals surface area contributed by atoms with Gasteiger partial charge in [0, 0.05) is 47.9 Å². The normalized spacial score (nSPS) is 15.5. The lowest BCUT2D eigenvalue weighted by Crippen LogP contribution is -2.45. The lowest BCUT2D eigenvalue weighted by atomic mass is 9.96. The first kappa shape index (κ1) is 33.4. The van der Waals surface area contributed by atoms with Crippen molar-refractivity contribution in [2.45, 2.75) is 12.3 Å². The van der Waals surface area contributed by atoms with Crippen LogP contribution in [0.4, 0.5) is 17.1 Å². The minimum atomic E-state index is -0.224. The Morgan fingerprint density at radius 2 is 1.18 bits per heavy atom. The minimum Gasteiger partial charge on any atom is -0.454 e. The van der Waals surface area contributed by atoms with E-state index in [1.54, 1.807) is 0 Å². The van der Waals surface area contributed by atoms with Gasteiger partial charge in [-0.3, -0.25) is 5.32 Å². The Bertz CT molecular complexity index is 3040. The topological polar surface area (TPSA) is 52.8 Å². The van der Waals surface area contributed by atoms with Gasteiger partial charge in [0.15, 0.2) is 5.58 Å². The molecule has 0 amide bonds. The first-order chi connectivity index (χ1) is 28.3. The Kier molecular flexibility index (Phi) is 8.16. The van der Waals surface area contributed by atoms with Crippen LogP contribution in [-0.2, 0) is 0 Å². The van der Waals surface area contributed by atoms with E-state index in [1.165, 1.54) is 20.2 Å². The van der Waals surface area contributed by atoms with Gasteiger partial charge in [-0.25, -0.2) is 4.99 Å². The van der Waals surface area contributed by atoms with Crippen molar-refractivity contribution in [3.8, 4) is 11.1 Å². The summed E-state index contributed by atoms with van der Waals surface area (Å²) in [5.41, 5.74) is 10.4. The molecular formula is C51H36N4OS. The van der Waals surface area contributed by atoms with Gasteiger partial charge in [-0.05, 0) is 70.8 Å². The van der Waals surface area contributed by atoms with E-state index in [4.69, 9.17) is 9.41 Å². The maximum Gasteiger partial charge on any atom is 0.160 e. The third kappa shape index (κ3) is 5.85. The van der Waals surface area contributed by atoms with Crippen molar-refractivity contribution in [1.82, 2.24) is 10.6 Å². The van der Waals surface area contributed by atoms with E-state index in [9.17, 15) is 0 Å². The summed E-state index contributed by atoms with van der Waals surface area (Å²) in [6.07, 6.45) is -0.401. The van der Waals surface area contributed by atoms with Crippen LogP contribution in [0.5, 0.6) is 0 Å². The van der Waals surface area contributed by atoms with Gasteiger partial charge in [-0.1, -0.05) is 146 Å². The molecule has 0 aliphatic carbocycles. The van der Waals surface area contributed by atoms with Crippen LogP contribution in [0, 0.1) is 0 Å². The Labute approximate surface area is 334 Å². The van der Waals surface area contributed by atoms with E-state index < -0.39 is 0 Å². The fourth-order valence-corrected chi connectivity index (χ4v) is 9.49. The summed E-state index contributed by atoms with van der Waals surface area (Å²) >= 11 is 1.83. The van der Waals surface area contributed by atoms with Crippen molar-refractivity contribution in [3.63, 3.8) is 0 Å². The van der Waals surface area contributed by atoms with Crippen LogP contribution in [0.15, 0.2) is 204 Å². The summed E-state index contributed by atoms with van der Waals surface area (Å²) in [6.45, 7) is 0. The van der Waals surface area contributed by atoms with Crippen molar-refractivity contribution in [2.24, 2.45) is 4.99 Å². The Hall–Kier alpha value is -6.99. The highest BCUT2D eigenvalue weighted by Gasteiger charge is 2.27. The second-order valence-corrected chi connectivity index (χ2v) is 15.4. The molecule has 1 aliphatic heterocycles. The number of para-hydroxylation sites is 3. The van der Waals surface area contributed by atoms with Gasteiger partial charge >= 0.3 is 0 Å². The zero-order chi connectivity index (χ0) is 37.7. The molecule has 11 rings (SSSR count). The quantitative estimate of drug-likeness (QED) is 0.170. The molecule has 57 heavy (non-hydrogen) atoms. The summed E-state index contributed by atoms with van der Waals surface area (Å²) in [5.74, 6) is 0.886. The summed E-state index contributed by atoms with van der Waals surface area (Å²) < 4.78 is 9.29. The van der Waals surface area contributed by atoms with Crippen molar-refractivity contribution in [2.75, 3.05) is 4.90 Å². The molecule has 2 aromatic heterocycles. The van der Waals surface area contributed by atoms with E-state index in [-0.39, 0.29) is 12.3 Å². The number of nitrogens with one attached hydrogen (secondary N) is 2. The Morgan fingerprint density at radius 3 is 1.93 bits per heavy atom. The molecule has 0 saturated heterocycles. The van der Waals surface area contributed by atoms with Crippen LogP contribution in [-0.4, -0.2) is 5.84 Å². The first-order valence-electron chi connectivity index (χ1n) is 19.3. The number of hydrogen-bond donors (Lipinski definition) is 2. The molecule has 10 aromatic rings. The second-order valence-electron chi connectivity index (χ2n) is 14.4. The van der Waals surface area contributed by atoms with Gasteiger partial charge in [-0.15, -0.1) is 11.3 Å². The molecule has 272 valence electrons. The molecule has 3 heterocycles. The monoisotopic (exact) mass is 752 g/mol. The number of hydrogen-bond acceptors (Lipinski definition) is 6. The van der Waals surface area contributed by atoms with Crippen LogP contribution in [0.3, 0.4) is 0 Å². The molecule has 2 unspecified atom stereocenters. The van der Waals surface area contributed by atoms with E-state index in [0.29, 0.717) is 0 Å². The van der Waals surface area contributed by atoms with Crippen LogP contribution in [0.2, 0.25) is 0 Å². The van der Waals surface area contributed by atoms with Gasteiger partial charge in [0.1, 0.15) is 23.8 Å². The fourth-order valence-electron chi connectivity index (χ4n) is 8.27. The highest BCUT2D eigenvalue weighted by Crippen LogP contribution is 2.46. The second kappa shape index (κ2) is 13.9. The van der Waals surface area contributed by atoms with Crippen molar-refractivity contribution >= 4 is 76.3 Å². The molecule has 1 aliphatic rings. The lowest BCUT2D eigenvalue weighted by Gasteiger charge is -2.32. The highest BCUT2D eigenvalue weighted by atomic mass is 32.1. The number of nitrogens with zero attached hydrogens (tertiary/aromatic N) is 2. The largest absolute Gasteiger partial charge is 0.454 e. The molecule has 0 radical (unpaired) electrons. The predicted octanol–water partition coefficient (Wildman–Crippen LogP) is 13.4. The van der Waals surface area contributed by atoms with Crippen LogP contribution >= 0.6 is 11.3 Å². The maximum atomic E-state index is 6.77. The van der Waals surface area contributed by atoms with Crippen molar-refractivity contribution < 1.29 is 4.42 Å². The predicted molar refractivity (Wildman–Crippen MR) is 238 cm³/mol. The minimum absolute atomic E-state index is 0.177. The highest BCUT2D eigenvalue weighted by molar-refractivity contribution is 7.26.